The maximum absolute atomic E-state index is 12.8. The number of esters is 1. The first kappa shape index (κ1) is 18.0. The fourth-order valence-electron chi connectivity index (χ4n) is 3.84. The molecule has 1 N–H and O–H groups in total. The monoisotopic (exact) mass is 348 g/mol. The zero-order valence-electron chi connectivity index (χ0n) is 14.9. The largest absolute Gasteiger partial charge is 0.465 e. The van der Waals surface area contributed by atoms with Crippen LogP contribution in [0.5, 0.6) is 0 Å². The van der Waals surface area contributed by atoms with Crippen molar-refractivity contribution >= 4 is 17.8 Å². The Balaban J connectivity index is 1.75. The second-order valence-electron chi connectivity index (χ2n) is 7.43. The van der Waals surface area contributed by atoms with Crippen molar-refractivity contribution in [3.63, 3.8) is 0 Å². The van der Waals surface area contributed by atoms with Crippen LogP contribution in [0.25, 0.3) is 0 Å². The Hall–Kier alpha value is -1.85. The van der Waals surface area contributed by atoms with Crippen LogP contribution >= 0.6 is 0 Å². The molecule has 0 radical (unpaired) electrons. The van der Waals surface area contributed by atoms with Gasteiger partial charge in [-0.15, -0.1) is 0 Å². The molecule has 25 heavy (non-hydrogen) atoms. The number of rotatable bonds is 1. The Bertz CT molecular complexity index is 556. The molecule has 3 rings (SSSR count). The van der Waals surface area contributed by atoms with Crippen molar-refractivity contribution in [1.29, 1.82) is 0 Å². The zero-order valence-corrected chi connectivity index (χ0v) is 14.9. The summed E-state index contributed by atoms with van der Waals surface area (Å²) in [6, 6.07) is -0.278. The van der Waals surface area contributed by atoms with Gasteiger partial charge in [-0.1, -0.05) is 19.1 Å². The number of carbonyl (C=O) groups excluding carboxylic acids is 3. The molecular formula is C19H28N2O4. The molecule has 1 aliphatic carbocycles. The van der Waals surface area contributed by atoms with E-state index in [2.05, 4.69) is 12.2 Å². The van der Waals surface area contributed by atoms with Gasteiger partial charge in [0.25, 0.3) is 0 Å². The minimum absolute atomic E-state index is 0.0160. The normalized spacial score (nSPS) is 33.7. The number of hydrogen-bond donors (Lipinski definition) is 1. The van der Waals surface area contributed by atoms with Gasteiger partial charge in [-0.2, -0.15) is 0 Å². The Labute approximate surface area is 149 Å². The molecule has 1 saturated heterocycles. The summed E-state index contributed by atoms with van der Waals surface area (Å²) >= 11 is 0. The second kappa shape index (κ2) is 8.02. The fraction of sp³-hybridized carbons (Fsp3) is 0.737. The maximum Gasteiger partial charge on any atom is 0.309 e. The minimum atomic E-state index is -0.349. The standard InChI is InChI=1S/C19H28N2O4/c1-13-5-2-8-17(23)25-12-4-7-16(22)21-11-3-6-15(21)19(24)20-18(13)14-9-10-14/h2,5,13-15,18H,3-4,6-12H2,1H3,(H,20,24)/b5-2+/t13-,15+,18+/m1/s1. The topological polar surface area (TPSA) is 75.7 Å². The van der Waals surface area contributed by atoms with E-state index in [1.165, 1.54) is 0 Å². The first-order valence-corrected chi connectivity index (χ1v) is 9.48. The average Bonchev–Trinajstić information content (AvgIpc) is 3.30. The van der Waals surface area contributed by atoms with Gasteiger partial charge in [0.15, 0.2) is 0 Å². The van der Waals surface area contributed by atoms with E-state index in [-0.39, 0.29) is 48.8 Å². The van der Waals surface area contributed by atoms with Gasteiger partial charge in [-0.05, 0) is 43.9 Å². The van der Waals surface area contributed by atoms with E-state index in [1.807, 2.05) is 12.2 Å². The number of nitrogens with zero attached hydrogens (tertiary/aromatic N) is 1. The van der Waals surface area contributed by atoms with Crippen LogP contribution in [0.1, 0.15) is 51.9 Å². The first-order chi connectivity index (χ1) is 12.1. The average molecular weight is 348 g/mol. The number of fused-ring (bicyclic) bond motifs is 1. The van der Waals surface area contributed by atoms with E-state index in [0.29, 0.717) is 25.3 Å². The van der Waals surface area contributed by atoms with Crippen LogP contribution in [0, 0.1) is 11.8 Å². The minimum Gasteiger partial charge on any atom is -0.465 e. The molecule has 0 aromatic rings. The van der Waals surface area contributed by atoms with Crippen molar-refractivity contribution in [2.45, 2.75) is 64.0 Å². The van der Waals surface area contributed by atoms with Crippen molar-refractivity contribution in [3.8, 4) is 0 Å². The fourth-order valence-corrected chi connectivity index (χ4v) is 3.84. The highest BCUT2D eigenvalue weighted by Gasteiger charge is 2.39. The van der Waals surface area contributed by atoms with Gasteiger partial charge in [0.1, 0.15) is 6.04 Å². The van der Waals surface area contributed by atoms with E-state index < -0.39 is 0 Å². The van der Waals surface area contributed by atoms with Crippen LogP contribution in [0.4, 0.5) is 0 Å². The number of hydrogen-bond acceptors (Lipinski definition) is 4. The predicted octanol–water partition coefficient (Wildman–Crippen LogP) is 1.79. The van der Waals surface area contributed by atoms with E-state index in [0.717, 1.165) is 25.7 Å². The van der Waals surface area contributed by atoms with Crippen molar-refractivity contribution in [3.05, 3.63) is 12.2 Å². The molecule has 1 saturated carbocycles. The van der Waals surface area contributed by atoms with Gasteiger partial charge in [-0.3, -0.25) is 14.4 Å². The van der Waals surface area contributed by atoms with Gasteiger partial charge in [0.2, 0.25) is 11.8 Å². The van der Waals surface area contributed by atoms with Crippen molar-refractivity contribution in [1.82, 2.24) is 10.2 Å². The summed E-state index contributed by atoms with van der Waals surface area (Å²) in [6.45, 7) is 2.96. The zero-order chi connectivity index (χ0) is 17.8. The van der Waals surface area contributed by atoms with Gasteiger partial charge in [0, 0.05) is 19.0 Å². The smallest absolute Gasteiger partial charge is 0.309 e. The van der Waals surface area contributed by atoms with E-state index in [9.17, 15) is 14.4 Å². The summed E-state index contributed by atoms with van der Waals surface area (Å²) in [5, 5.41) is 3.20. The molecule has 6 nitrogen and oxygen atoms in total. The van der Waals surface area contributed by atoms with Crippen molar-refractivity contribution in [2.24, 2.45) is 11.8 Å². The first-order valence-electron chi connectivity index (χ1n) is 9.48. The molecule has 2 heterocycles. The highest BCUT2D eigenvalue weighted by atomic mass is 16.5. The molecule has 3 aliphatic rings. The third-order valence-corrected chi connectivity index (χ3v) is 5.40. The molecule has 3 atom stereocenters. The Morgan fingerprint density at radius 3 is 2.72 bits per heavy atom. The lowest BCUT2D eigenvalue weighted by atomic mass is 9.96. The summed E-state index contributed by atoms with van der Waals surface area (Å²) in [5.41, 5.74) is 0. The van der Waals surface area contributed by atoms with Crippen LogP contribution < -0.4 is 5.32 Å². The van der Waals surface area contributed by atoms with Gasteiger partial charge >= 0.3 is 5.97 Å². The number of ether oxygens (including phenoxy) is 1. The lowest BCUT2D eigenvalue weighted by Crippen LogP contribution is -2.50. The second-order valence-corrected chi connectivity index (χ2v) is 7.43. The molecule has 138 valence electrons. The lowest BCUT2D eigenvalue weighted by Gasteiger charge is -2.28. The van der Waals surface area contributed by atoms with Gasteiger partial charge in [-0.25, -0.2) is 0 Å². The molecule has 0 aromatic heterocycles. The molecule has 0 unspecified atom stereocenters. The molecular weight excluding hydrogens is 320 g/mol. The SMILES string of the molecule is C[C@@H]1/C=C/CC(=O)OCCCC(=O)N2CCC[C@H]2C(=O)N[C@@H]1C1CC1. The Morgan fingerprint density at radius 1 is 1.16 bits per heavy atom. The molecule has 0 aromatic carbocycles. The molecule has 0 spiro atoms. The quantitative estimate of drug-likeness (QED) is 0.579. The molecule has 2 fully saturated rings. The number of cyclic esters (lactones) is 1. The molecule has 6 heteroatoms. The highest BCUT2D eigenvalue weighted by Crippen LogP contribution is 2.36. The van der Waals surface area contributed by atoms with Gasteiger partial charge in [0.05, 0.1) is 13.0 Å². The Kier molecular flexibility index (Phi) is 5.76. The lowest BCUT2D eigenvalue weighted by molar-refractivity contribution is -0.144. The van der Waals surface area contributed by atoms with E-state index in [4.69, 9.17) is 4.74 Å². The molecule has 2 aliphatic heterocycles. The van der Waals surface area contributed by atoms with Crippen LogP contribution in [-0.2, 0) is 19.1 Å². The van der Waals surface area contributed by atoms with Crippen LogP contribution in [0.15, 0.2) is 12.2 Å². The summed E-state index contributed by atoms with van der Waals surface area (Å²) < 4.78 is 5.18. The van der Waals surface area contributed by atoms with Crippen LogP contribution in [0.3, 0.4) is 0 Å². The van der Waals surface area contributed by atoms with Crippen molar-refractivity contribution in [2.75, 3.05) is 13.2 Å². The molecule has 2 amide bonds. The third-order valence-electron chi connectivity index (χ3n) is 5.40. The summed E-state index contributed by atoms with van der Waals surface area (Å²) in [7, 11) is 0. The van der Waals surface area contributed by atoms with Crippen LogP contribution in [-0.4, -0.2) is 47.9 Å². The summed E-state index contributed by atoms with van der Waals surface area (Å²) in [4.78, 5) is 38.7. The van der Waals surface area contributed by atoms with Crippen molar-refractivity contribution < 1.29 is 19.1 Å². The summed E-state index contributed by atoms with van der Waals surface area (Å²) in [5.74, 6) is 0.344. The highest BCUT2D eigenvalue weighted by molar-refractivity contribution is 5.88. The van der Waals surface area contributed by atoms with E-state index >= 15 is 0 Å². The van der Waals surface area contributed by atoms with Gasteiger partial charge < -0.3 is 15.0 Å². The number of amides is 2. The molecule has 0 bridgehead atoms. The number of nitrogens with one attached hydrogen (secondary N) is 1. The Morgan fingerprint density at radius 2 is 1.96 bits per heavy atom. The number of carbonyl (C=O) groups is 3. The van der Waals surface area contributed by atoms with E-state index in [1.54, 1.807) is 4.90 Å². The summed E-state index contributed by atoms with van der Waals surface area (Å²) in [6.07, 6.45) is 8.73. The predicted molar refractivity (Wildman–Crippen MR) is 92.5 cm³/mol. The maximum atomic E-state index is 12.8. The van der Waals surface area contributed by atoms with Crippen LogP contribution in [0.2, 0.25) is 0 Å². The third kappa shape index (κ3) is 4.61.